The molecular formula is C23H29BrN4O9. The monoisotopic (exact) mass is 584 g/mol. The van der Waals surface area contributed by atoms with Crippen molar-refractivity contribution < 1.29 is 42.9 Å². The summed E-state index contributed by atoms with van der Waals surface area (Å²) in [5.74, 6) is -3.27. The third-order valence-corrected chi connectivity index (χ3v) is 5.47. The molecule has 1 aliphatic heterocycles. The fraction of sp³-hybridized carbons (Fsp3) is 0.478. The van der Waals surface area contributed by atoms with Crippen LogP contribution in [-0.4, -0.2) is 78.2 Å². The standard InChI is InChI=1S/C23H29BrN4O9/c1-6-34-22(32)26-19(21(14(3)29)20(37-16(5)31)13-36-15(4)30)12-25-27(28(26)23(33)35-7-2)18-10-8-17(24)9-11-18/h8-12,19-21H,6-7,13H2,1-5H3/t19-,20+,21-/m0/s1. The Kier molecular flexibility index (Phi) is 10.8. The van der Waals surface area contributed by atoms with Crippen LogP contribution in [0.25, 0.3) is 0 Å². The van der Waals surface area contributed by atoms with Crippen molar-refractivity contribution in [3.63, 3.8) is 0 Å². The molecule has 0 aliphatic carbocycles. The third kappa shape index (κ3) is 7.65. The van der Waals surface area contributed by atoms with Crippen molar-refractivity contribution in [2.45, 2.75) is 46.8 Å². The predicted molar refractivity (Wildman–Crippen MR) is 133 cm³/mol. The molecule has 0 N–H and O–H groups in total. The van der Waals surface area contributed by atoms with Gasteiger partial charge in [0.1, 0.15) is 24.5 Å². The number of esters is 2. The molecule has 3 atom stereocenters. The topological polar surface area (TPSA) is 144 Å². The first kappa shape index (κ1) is 29.5. The minimum Gasteiger partial charge on any atom is -0.462 e. The van der Waals surface area contributed by atoms with E-state index in [1.165, 1.54) is 13.1 Å². The number of hydrogen-bond acceptors (Lipinski definition) is 11. The average Bonchev–Trinajstić information content (AvgIpc) is 2.82. The molecule has 0 bridgehead atoms. The van der Waals surface area contributed by atoms with E-state index in [0.29, 0.717) is 5.69 Å². The van der Waals surface area contributed by atoms with Gasteiger partial charge in [0.25, 0.3) is 0 Å². The number of hydrazone groups is 1. The van der Waals surface area contributed by atoms with Gasteiger partial charge in [-0.1, -0.05) is 21.0 Å². The van der Waals surface area contributed by atoms with Gasteiger partial charge in [-0.05, 0) is 45.0 Å². The summed E-state index contributed by atoms with van der Waals surface area (Å²) in [5, 5.41) is 7.06. The summed E-state index contributed by atoms with van der Waals surface area (Å²) in [6.07, 6.45) is -2.07. The first-order chi connectivity index (χ1) is 17.5. The number of benzene rings is 1. The predicted octanol–water partition coefficient (Wildman–Crippen LogP) is 3.07. The largest absolute Gasteiger partial charge is 0.462 e. The lowest BCUT2D eigenvalue weighted by Gasteiger charge is -2.46. The van der Waals surface area contributed by atoms with Crippen LogP contribution >= 0.6 is 15.9 Å². The molecule has 0 saturated carbocycles. The zero-order valence-electron chi connectivity index (χ0n) is 21.1. The van der Waals surface area contributed by atoms with Gasteiger partial charge in [0, 0.05) is 18.3 Å². The normalized spacial score (nSPS) is 16.5. The Morgan fingerprint density at radius 2 is 1.51 bits per heavy atom. The Morgan fingerprint density at radius 1 is 0.919 bits per heavy atom. The number of amides is 2. The van der Waals surface area contributed by atoms with Gasteiger partial charge in [0.2, 0.25) is 0 Å². The van der Waals surface area contributed by atoms with Gasteiger partial charge < -0.3 is 18.9 Å². The molecule has 13 nitrogen and oxygen atoms in total. The van der Waals surface area contributed by atoms with Crippen LogP contribution in [0, 0.1) is 5.92 Å². The number of ketones is 1. The van der Waals surface area contributed by atoms with Gasteiger partial charge in [0.15, 0.2) is 0 Å². The number of hydrogen-bond donors (Lipinski definition) is 0. The fourth-order valence-electron chi connectivity index (χ4n) is 3.54. The summed E-state index contributed by atoms with van der Waals surface area (Å²) in [7, 11) is 0. The highest BCUT2D eigenvalue weighted by atomic mass is 79.9. The van der Waals surface area contributed by atoms with E-state index in [4.69, 9.17) is 18.9 Å². The van der Waals surface area contributed by atoms with Gasteiger partial charge in [-0.15, -0.1) is 5.12 Å². The Labute approximate surface area is 222 Å². The molecule has 1 aliphatic rings. The molecule has 1 aromatic carbocycles. The van der Waals surface area contributed by atoms with E-state index in [1.807, 2.05) is 0 Å². The Balaban J connectivity index is 2.70. The van der Waals surface area contributed by atoms with Crippen LogP contribution in [0.4, 0.5) is 15.3 Å². The smallest absolute Gasteiger partial charge is 0.450 e. The molecule has 0 fully saturated rings. The van der Waals surface area contributed by atoms with E-state index in [9.17, 15) is 24.0 Å². The number of hydrazine groups is 2. The number of halogens is 1. The molecule has 14 heteroatoms. The van der Waals surface area contributed by atoms with Gasteiger partial charge >= 0.3 is 24.1 Å². The van der Waals surface area contributed by atoms with E-state index in [2.05, 4.69) is 21.0 Å². The summed E-state index contributed by atoms with van der Waals surface area (Å²) in [6, 6.07) is 5.35. The van der Waals surface area contributed by atoms with Crippen LogP contribution in [0.15, 0.2) is 33.8 Å². The molecule has 202 valence electrons. The molecule has 0 radical (unpaired) electrons. The van der Waals surface area contributed by atoms with Crippen LogP contribution in [0.3, 0.4) is 0 Å². The van der Waals surface area contributed by atoms with Crippen LogP contribution in [-0.2, 0) is 33.3 Å². The second kappa shape index (κ2) is 13.6. The maximum atomic E-state index is 13.3. The van der Waals surface area contributed by atoms with Crippen molar-refractivity contribution in [3.05, 3.63) is 28.7 Å². The lowest BCUT2D eigenvalue weighted by atomic mass is 9.90. The second-order valence-corrected chi connectivity index (χ2v) is 8.56. The van der Waals surface area contributed by atoms with Crippen molar-refractivity contribution in [2.24, 2.45) is 11.0 Å². The van der Waals surface area contributed by atoms with Crippen molar-refractivity contribution in [1.29, 1.82) is 0 Å². The molecule has 2 amide bonds. The summed E-state index contributed by atoms with van der Waals surface area (Å²) >= 11 is 3.34. The number of nitrogens with zero attached hydrogens (tertiary/aromatic N) is 4. The second-order valence-electron chi connectivity index (χ2n) is 7.64. The Bertz CT molecular complexity index is 1030. The molecule has 0 spiro atoms. The number of carbonyl (C=O) groups excluding carboxylic acids is 5. The highest BCUT2D eigenvalue weighted by Crippen LogP contribution is 2.30. The lowest BCUT2D eigenvalue weighted by Crippen LogP contribution is -2.67. The third-order valence-electron chi connectivity index (χ3n) is 4.94. The van der Waals surface area contributed by atoms with Gasteiger partial charge in [-0.2, -0.15) is 10.1 Å². The zero-order valence-corrected chi connectivity index (χ0v) is 22.7. The molecule has 0 unspecified atom stereocenters. The molecule has 37 heavy (non-hydrogen) atoms. The van der Waals surface area contributed by atoms with Crippen LogP contribution in [0.2, 0.25) is 0 Å². The summed E-state index contributed by atoms with van der Waals surface area (Å²) in [5.41, 5.74) is 0.371. The zero-order chi connectivity index (χ0) is 27.7. The van der Waals surface area contributed by atoms with E-state index in [-0.39, 0.29) is 13.2 Å². The molecule has 0 saturated heterocycles. The minimum atomic E-state index is -1.31. The molecule has 0 aromatic heterocycles. The van der Waals surface area contributed by atoms with Crippen molar-refractivity contribution in [1.82, 2.24) is 10.1 Å². The van der Waals surface area contributed by atoms with Gasteiger partial charge in [0.05, 0.1) is 31.0 Å². The van der Waals surface area contributed by atoms with Crippen LogP contribution < -0.4 is 5.12 Å². The minimum absolute atomic E-state index is 0.0345. The van der Waals surface area contributed by atoms with Crippen LogP contribution in [0.5, 0.6) is 0 Å². The van der Waals surface area contributed by atoms with E-state index < -0.39 is 54.6 Å². The summed E-state index contributed by atoms with van der Waals surface area (Å²) in [4.78, 5) is 62.6. The highest BCUT2D eigenvalue weighted by Gasteiger charge is 2.49. The first-order valence-corrected chi connectivity index (χ1v) is 12.1. The fourth-order valence-corrected chi connectivity index (χ4v) is 3.80. The molecule has 1 heterocycles. The van der Waals surface area contributed by atoms with Gasteiger partial charge in [-0.25, -0.2) is 9.59 Å². The number of rotatable bonds is 9. The maximum absolute atomic E-state index is 13.3. The van der Waals surface area contributed by atoms with Gasteiger partial charge in [-0.3, -0.25) is 14.4 Å². The summed E-state index contributed by atoms with van der Waals surface area (Å²) < 4.78 is 21.5. The number of ether oxygens (including phenoxy) is 4. The van der Waals surface area contributed by atoms with Crippen molar-refractivity contribution in [2.75, 3.05) is 24.9 Å². The average molecular weight is 585 g/mol. The SMILES string of the molecule is CCOC(=O)N1[C@H]([C@H](C(C)=O)[C@@H](COC(C)=O)OC(C)=O)C=NN(c2ccc(Br)cc2)N1C(=O)OCC. The van der Waals surface area contributed by atoms with Crippen molar-refractivity contribution >= 4 is 57.7 Å². The maximum Gasteiger partial charge on any atom is 0.450 e. The molecular weight excluding hydrogens is 556 g/mol. The van der Waals surface area contributed by atoms with Crippen molar-refractivity contribution in [3.8, 4) is 0 Å². The summed E-state index contributed by atoms with van der Waals surface area (Å²) in [6.45, 7) is 6.06. The number of carbonyl (C=O) groups is 5. The Hall–Kier alpha value is -3.68. The number of Topliss-reactive ketones (excluding diaryl/α,β-unsaturated/α-hetero) is 1. The van der Waals surface area contributed by atoms with E-state index in [1.54, 1.807) is 38.1 Å². The quantitative estimate of drug-likeness (QED) is 0.313. The Morgan fingerprint density at radius 3 is 2.03 bits per heavy atom. The molecule has 1 aromatic rings. The highest BCUT2D eigenvalue weighted by molar-refractivity contribution is 9.10. The number of anilines is 1. The van der Waals surface area contributed by atoms with Crippen LogP contribution in [0.1, 0.15) is 34.6 Å². The lowest BCUT2D eigenvalue weighted by molar-refractivity contribution is -0.164. The first-order valence-electron chi connectivity index (χ1n) is 11.3. The van der Waals surface area contributed by atoms with E-state index in [0.717, 1.165) is 33.6 Å². The molecule has 2 rings (SSSR count). The van der Waals surface area contributed by atoms with E-state index >= 15 is 0 Å².